The maximum Gasteiger partial charge on any atom is 0.0956 e. The van der Waals surface area contributed by atoms with Gasteiger partial charge in [0.15, 0.2) is 0 Å². The monoisotopic (exact) mass is 295 g/mol. The third-order valence-electron chi connectivity index (χ3n) is 3.83. The van der Waals surface area contributed by atoms with E-state index < -0.39 is 0 Å². The number of thiazole rings is 1. The Morgan fingerprint density at radius 2 is 1.62 bits per heavy atom. The van der Waals surface area contributed by atoms with Gasteiger partial charge in [-0.15, -0.1) is 11.3 Å². The van der Waals surface area contributed by atoms with E-state index in [9.17, 15) is 0 Å². The van der Waals surface area contributed by atoms with Crippen molar-refractivity contribution in [1.82, 2.24) is 4.98 Å². The molecule has 0 unspecified atom stereocenters. The summed E-state index contributed by atoms with van der Waals surface area (Å²) in [6.45, 7) is 8.86. The van der Waals surface area contributed by atoms with Crippen molar-refractivity contribution in [3.05, 3.63) is 53.2 Å². The average Bonchev–Trinajstić information content (AvgIpc) is 2.96. The second-order valence-electron chi connectivity index (χ2n) is 6.19. The van der Waals surface area contributed by atoms with Gasteiger partial charge < -0.3 is 0 Å². The van der Waals surface area contributed by atoms with Gasteiger partial charge in [-0.25, -0.2) is 4.98 Å². The van der Waals surface area contributed by atoms with Gasteiger partial charge in [0.05, 0.1) is 9.88 Å². The van der Waals surface area contributed by atoms with E-state index in [1.54, 1.807) is 11.3 Å². The Balaban J connectivity index is 2.06. The molecule has 0 saturated heterocycles. The van der Waals surface area contributed by atoms with Crippen LogP contribution in [0.25, 0.3) is 21.2 Å². The van der Waals surface area contributed by atoms with Gasteiger partial charge in [-0.2, -0.15) is 0 Å². The van der Waals surface area contributed by atoms with Crippen LogP contribution in [-0.2, 0) is 0 Å². The molecule has 3 rings (SSSR count). The lowest BCUT2D eigenvalue weighted by molar-refractivity contribution is 0.852. The highest BCUT2D eigenvalue weighted by atomic mass is 32.1. The molecular formula is C19H21NS. The molecule has 3 aromatic rings. The van der Waals surface area contributed by atoms with Crippen molar-refractivity contribution in [1.29, 1.82) is 0 Å². The maximum absolute atomic E-state index is 4.54. The molecule has 0 aliphatic heterocycles. The molecule has 21 heavy (non-hydrogen) atoms. The van der Waals surface area contributed by atoms with Crippen LogP contribution in [0.2, 0.25) is 0 Å². The number of hydrogen-bond acceptors (Lipinski definition) is 2. The van der Waals surface area contributed by atoms with Crippen LogP contribution >= 0.6 is 11.3 Å². The van der Waals surface area contributed by atoms with Crippen molar-refractivity contribution in [2.75, 3.05) is 0 Å². The molecule has 0 atom stereocenters. The summed E-state index contributed by atoms with van der Waals surface area (Å²) in [6, 6.07) is 13.5. The Kier molecular flexibility index (Phi) is 3.81. The quantitative estimate of drug-likeness (QED) is 0.559. The molecule has 1 nitrogen and oxygen atoms in total. The first kappa shape index (κ1) is 14.3. The highest BCUT2D eigenvalue weighted by Gasteiger charge is 2.08. The van der Waals surface area contributed by atoms with Gasteiger partial charge in [0.2, 0.25) is 0 Å². The average molecular weight is 295 g/mol. The van der Waals surface area contributed by atoms with E-state index in [4.69, 9.17) is 0 Å². The minimum Gasteiger partial charge on any atom is -0.249 e. The highest BCUT2D eigenvalue weighted by molar-refractivity contribution is 7.15. The van der Waals surface area contributed by atoms with E-state index >= 15 is 0 Å². The fraction of sp³-hybridized carbons (Fsp3) is 0.316. The normalized spacial score (nSPS) is 11.7. The minimum absolute atomic E-state index is 0.497. The fourth-order valence-electron chi connectivity index (χ4n) is 2.47. The minimum atomic E-state index is 0.497. The lowest BCUT2D eigenvalue weighted by Gasteiger charge is -2.08. The molecule has 1 heterocycles. The van der Waals surface area contributed by atoms with Crippen molar-refractivity contribution in [3.8, 4) is 10.4 Å². The fourth-order valence-corrected chi connectivity index (χ4v) is 3.38. The highest BCUT2D eigenvalue weighted by Crippen LogP contribution is 2.32. The van der Waals surface area contributed by atoms with Crippen molar-refractivity contribution < 1.29 is 0 Å². The summed E-state index contributed by atoms with van der Waals surface area (Å²) in [5, 5.41) is 3.83. The van der Waals surface area contributed by atoms with Crippen LogP contribution in [0.5, 0.6) is 0 Å². The van der Waals surface area contributed by atoms with Crippen LogP contribution in [-0.4, -0.2) is 4.98 Å². The Labute approximate surface area is 130 Å². The summed E-state index contributed by atoms with van der Waals surface area (Å²) in [5.41, 5.74) is 2.67. The van der Waals surface area contributed by atoms with Crippen molar-refractivity contribution >= 4 is 22.1 Å². The lowest BCUT2D eigenvalue weighted by atomic mass is 9.98. The predicted molar refractivity (Wildman–Crippen MR) is 93.2 cm³/mol. The Hall–Kier alpha value is -1.67. The summed E-state index contributed by atoms with van der Waals surface area (Å²) in [6.07, 6.45) is 2.01. The van der Waals surface area contributed by atoms with Crippen LogP contribution in [0.1, 0.15) is 50.1 Å². The molecule has 0 fully saturated rings. The molecule has 0 saturated carbocycles. The molecule has 2 aromatic carbocycles. The second kappa shape index (κ2) is 5.61. The SMILES string of the molecule is CC(C)c1ccc2ccc(-c3cnc(C(C)C)s3)cc2c1. The van der Waals surface area contributed by atoms with Gasteiger partial charge in [0.25, 0.3) is 0 Å². The van der Waals surface area contributed by atoms with Gasteiger partial charge in [0, 0.05) is 12.1 Å². The third kappa shape index (κ3) is 2.86. The van der Waals surface area contributed by atoms with Crippen molar-refractivity contribution in [2.45, 2.75) is 39.5 Å². The van der Waals surface area contributed by atoms with E-state index in [0.29, 0.717) is 11.8 Å². The van der Waals surface area contributed by atoms with E-state index in [1.807, 2.05) is 6.20 Å². The first-order valence-corrected chi connectivity index (χ1v) is 8.36. The van der Waals surface area contributed by atoms with Crippen LogP contribution in [0.4, 0.5) is 0 Å². The maximum atomic E-state index is 4.54. The molecule has 1 aromatic heterocycles. The molecular weight excluding hydrogens is 274 g/mol. The van der Waals surface area contributed by atoms with Gasteiger partial charge in [-0.3, -0.25) is 0 Å². The summed E-state index contributed by atoms with van der Waals surface area (Å²) >= 11 is 1.80. The van der Waals surface area contributed by atoms with Gasteiger partial charge in [-0.1, -0.05) is 58.0 Å². The molecule has 0 aliphatic rings. The van der Waals surface area contributed by atoms with Crippen LogP contribution in [0.15, 0.2) is 42.6 Å². The Bertz CT molecular complexity index is 768. The number of benzene rings is 2. The molecule has 0 N–H and O–H groups in total. The first-order chi connectivity index (χ1) is 10.0. The summed E-state index contributed by atoms with van der Waals surface area (Å²) < 4.78 is 0. The standard InChI is InChI=1S/C19H21NS/c1-12(2)15-7-5-14-6-8-16(10-17(14)9-15)18-11-20-19(21-18)13(3)4/h5-13H,1-4H3. The number of aromatic nitrogens is 1. The van der Waals surface area contributed by atoms with E-state index in [0.717, 1.165) is 0 Å². The third-order valence-corrected chi connectivity index (χ3v) is 5.18. The number of nitrogens with zero attached hydrogens (tertiary/aromatic N) is 1. The lowest BCUT2D eigenvalue weighted by Crippen LogP contribution is -1.86. The predicted octanol–water partition coefficient (Wildman–Crippen LogP) is 6.21. The second-order valence-corrected chi connectivity index (χ2v) is 7.26. The van der Waals surface area contributed by atoms with Gasteiger partial charge in [-0.05, 0) is 33.9 Å². The molecule has 2 heteroatoms. The zero-order valence-electron chi connectivity index (χ0n) is 13.1. The molecule has 0 bridgehead atoms. The molecule has 108 valence electrons. The van der Waals surface area contributed by atoms with Crippen molar-refractivity contribution in [3.63, 3.8) is 0 Å². The zero-order chi connectivity index (χ0) is 15.0. The Morgan fingerprint density at radius 3 is 2.29 bits per heavy atom. The van der Waals surface area contributed by atoms with Crippen LogP contribution in [0.3, 0.4) is 0 Å². The van der Waals surface area contributed by atoms with E-state index in [2.05, 4.69) is 69.1 Å². The number of hydrogen-bond donors (Lipinski definition) is 0. The molecule has 0 aliphatic carbocycles. The van der Waals surface area contributed by atoms with Gasteiger partial charge in [0.1, 0.15) is 0 Å². The summed E-state index contributed by atoms with van der Waals surface area (Å²) in [4.78, 5) is 5.80. The summed E-state index contributed by atoms with van der Waals surface area (Å²) in [5.74, 6) is 1.06. The largest absolute Gasteiger partial charge is 0.249 e. The van der Waals surface area contributed by atoms with E-state index in [1.165, 1.54) is 31.8 Å². The Morgan fingerprint density at radius 1 is 0.857 bits per heavy atom. The number of fused-ring (bicyclic) bond motifs is 1. The van der Waals surface area contributed by atoms with Gasteiger partial charge >= 0.3 is 0 Å². The van der Waals surface area contributed by atoms with Crippen molar-refractivity contribution in [2.24, 2.45) is 0 Å². The van der Waals surface area contributed by atoms with Crippen LogP contribution < -0.4 is 0 Å². The molecule has 0 amide bonds. The zero-order valence-corrected chi connectivity index (χ0v) is 13.9. The topological polar surface area (TPSA) is 12.9 Å². The molecule has 0 spiro atoms. The molecule has 0 radical (unpaired) electrons. The smallest absolute Gasteiger partial charge is 0.0956 e. The van der Waals surface area contributed by atoms with Crippen LogP contribution in [0, 0.1) is 0 Å². The summed E-state index contributed by atoms with van der Waals surface area (Å²) in [7, 11) is 0. The van der Waals surface area contributed by atoms with E-state index in [-0.39, 0.29) is 0 Å². The first-order valence-electron chi connectivity index (χ1n) is 7.54. The number of rotatable bonds is 3.